The fraction of sp³-hybridized carbons (Fsp3) is 0.250. The average molecular weight is 490 g/mol. The predicted octanol–water partition coefficient (Wildman–Crippen LogP) is 6.69. The van der Waals surface area contributed by atoms with Crippen LogP contribution < -0.4 is 9.80 Å². The Balaban J connectivity index is 1.83. The summed E-state index contributed by atoms with van der Waals surface area (Å²) in [4.78, 5) is 30.3. The van der Waals surface area contributed by atoms with Crippen molar-refractivity contribution in [2.24, 2.45) is 0 Å². The Hall–Kier alpha value is -3.69. The van der Waals surface area contributed by atoms with Crippen molar-refractivity contribution in [3.63, 3.8) is 0 Å². The van der Waals surface area contributed by atoms with Crippen molar-refractivity contribution >= 4 is 34.8 Å². The van der Waals surface area contributed by atoms with Gasteiger partial charge in [-0.1, -0.05) is 36.7 Å². The van der Waals surface area contributed by atoms with Gasteiger partial charge < -0.3 is 9.80 Å². The lowest BCUT2D eigenvalue weighted by molar-refractivity contribution is -0.118. The Morgan fingerprint density at radius 1 is 1.09 bits per heavy atom. The summed E-state index contributed by atoms with van der Waals surface area (Å²) >= 11 is 6.10. The number of nitriles is 1. The molecule has 0 radical (unpaired) electrons. The van der Waals surface area contributed by atoms with Crippen LogP contribution in [0.1, 0.15) is 54.6 Å². The van der Waals surface area contributed by atoms with Crippen molar-refractivity contribution < 1.29 is 14.0 Å². The summed E-state index contributed by atoms with van der Waals surface area (Å²) in [5, 5.41) is 9.87. The molecule has 0 spiro atoms. The van der Waals surface area contributed by atoms with E-state index in [0.717, 1.165) is 11.3 Å². The molecule has 0 bridgehead atoms. The molecule has 0 saturated heterocycles. The third kappa shape index (κ3) is 5.06. The van der Waals surface area contributed by atoms with Crippen LogP contribution in [0.15, 0.2) is 72.8 Å². The molecule has 0 saturated carbocycles. The molecule has 0 aliphatic carbocycles. The molecule has 5 nitrogen and oxygen atoms in total. The Morgan fingerprint density at radius 2 is 1.77 bits per heavy atom. The summed E-state index contributed by atoms with van der Waals surface area (Å²) in [5.74, 6) is -0.735. The molecule has 2 unspecified atom stereocenters. The number of hydrogen-bond acceptors (Lipinski definition) is 3. The van der Waals surface area contributed by atoms with Crippen LogP contribution in [0.3, 0.4) is 0 Å². The van der Waals surface area contributed by atoms with Crippen LogP contribution in [0.5, 0.6) is 0 Å². The number of rotatable bonds is 6. The fourth-order valence-corrected chi connectivity index (χ4v) is 4.80. The summed E-state index contributed by atoms with van der Waals surface area (Å²) in [6, 6.07) is 21.6. The first-order chi connectivity index (χ1) is 16.9. The lowest BCUT2D eigenvalue weighted by Gasteiger charge is -2.44. The quantitative estimate of drug-likeness (QED) is 0.387. The highest BCUT2D eigenvalue weighted by molar-refractivity contribution is 6.30. The van der Waals surface area contributed by atoms with E-state index < -0.39 is 5.82 Å². The Morgan fingerprint density at radius 3 is 2.43 bits per heavy atom. The summed E-state index contributed by atoms with van der Waals surface area (Å²) in [5.41, 5.74) is 2.61. The maximum atomic E-state index is 13.6. The Labute approximate surface area is 209 Å². The van der Waals surface area contributed by atoms with Crippen LogP contribution in [0.4, 0.5) is 15.8 Å². The zero-order valence-electron chi connectivity index (χ0n) is 19.3. The Bertz CT molecular complexity index is 1250. The lowest BCUT2D eigenvalue weighted by atomic mass is 9.86. The molecule has 2 amide bonds. The minimum absolute atomic E-state index is 0.0514. The zero-order valence-corrected chi connectivity index (χ0v) is 20.1. The van der Waals surface area contributed by atoms with Gasteiger partial charge in [-0.3, -0.25) is 9.59 Å². The van der Waals surface area contributed by atoms with Gasteiger partial charge in [0.1, 0.15) is 5.82 Å². The van der Waals surface area contributed by atoms with Gasteiger partial charge in [0.25, 0.3) is 5.91 Å². The van der Waals surface area contributed by atoms with Crippen LogP contribution >= 0.6 is 11.6 Å². The SMILES string of the molecule is CCC(=O)N(c1ccc(Cl)cc1)C1CC(CCC#N)N(C(=O)c2ccc(F)cc2)c2ccccc21. The van der Waals surface area contributed by atoms with Gasteiger partial charge in [0.05, 0.1) is 12.1 Å². The number of carbonyl (C=O) groups is 2. The first-order valence-electron chi connectivity index (χ1n) is 11.6. The molecule has 2 atom stereocenters. The molecular weight excluding hydrogens is 465 g/mol. The number of halogens is 2. The topological polar surface area (TPSA) is 64.4 Å². The van der Waals surface area contributed by atoms with Gasteiger partial charge in [-0.15, -0.1) is 0 Å². The van der Waals surface area contributed by atoms with E-state index in [1.807, 2.05) is 43.3 Å². The highest BCUT2D eigenvalue weighted by atomic mass is 35.5. The average Bonchev–Trinajstić information content (AvgIpc) is 2.88. The molecular formula is C28H25ClFN3O2. The van der Waals surface area contributed by atoms with Crippen LogP contribution in [0.2, 0.25) is 5.02 Å². The molecule has 3 aromatic carbocycles. The van der Waals surface area contributed by atoms with E-state index in [1.54, 1.807) is 21.9 Å². The second-order valence-electron chi connectivity index (χ2n) is 8.44. The minimum Gasteiger partial charge on any atom is -0.305 e. The van der Waals surface area contributed by atoms with E-state index in [2.05, 4.69) is 6.07 Å². The van der Waals surface area contributed by atoms with E-state index >= 15 is 0 Å². The van der Waals surface area contributed by atoms with Crippen molar-refractivity contribution in [2.75, 3.05) is 9.80 Å². The Kier molecular flexibility index (Phi) is 7.48. The van der Waals surface area contributed by atoms with Crippen LogP contribution in [0.25, 0.3) is 0 Å². The van der Waals surface area contributed by atoms with Gasteiger partial charge >= 0.3 is 0 Å². The van der Waals surface area contributed by atoms with E-state index in [9.17, 15) is 19.2 Å². The lowest BCUT2D eigenvalue weighted by Crippen LogP contribution is -2.49. The largest absolute Gasteiger partial charge is 0.305 e. The standard InChI is InChI=1S/C28H25ClFN3O2/c1-2-27(34)32(22-15-11-20(29)12-16-22)26-18-23(6-5-17-31)33(25-8-4-3-7-24(25)26)28(35)19-9-13-21(30)14-10-19/h3-4,7-16,23,26H,2,5-6,18H2,1H3. The first kappa shape index (κ1) is 24.4. The molecule has 178 valence electrons. The molecule has 1 aliphatic heterocycles. The predicted molar refractivity (Wildman–Crippen MR) is 135 cm³/mol. The fourth-order valence-electron chi connectivity index (χ4n) is 4.67. The minimum atomic E-state index is -0.418. The number of benzene rings is 3. The van der Waals surface area contributed by atoms with Gasteiger partial charge in [-0.25, -0.2) is 4.39 Å². The maximum absolute atomic E-state index is 13.6. The van der Waals surface area contributed by atoms with E-state index in [4.69, 9.17) is 11.6 Å². The van der Waals surface area contributed by atoms with Crippen LogP contribution in [0, 0.1) is 17.1 Å². The van der Waals surface area contributed by atoms with Crippen molar-refractivity contribution in [1.82, 2.24) is 0 Å². The number of amides is 2. The van der Waals surface area contributed by atoms with Gasteiger partial charge in [-0.2, -0.15) is 5.26 Å². The molecule has 0 N–H and O–H groups in total. The van der Waals surface area contributed by atoms with E-state index in [1.165, 1.54) is 24.3 Å². The third-order valence-electron chi connectivity index (χ3n) is 6.30. The van der Waals surface area contributed by atoms with Crippen LogP contribution in [-0.4, -0.2) is 17.9 Å². The molecule has 35 heavy (non-hydrogen) atoms. The molecule has 1 aliphatic rings. The summed E-state index contributed by atoms with van der Waals surface area (Å²) in [7, 11) is 0. The number of anilines is 2. The van der Waals surface area contributed by atoms with E-state index in [0.29, 0.717) is 35.5 Å². The molecule has 0 aromatic heterocycles. The third-order valence-corrected chi connectivity index (χ3v) is 6.55. The van der Waals surface area contributed by atoms with Crippen molar-refractivity contribution in [3.05, 3.63) is 94.8 Å². The van der Waals surface area contributed by atoms with Gasteiger partial charge in [0.2, 0.25) is 5.91 Å². The summed E-state index contributed by atoms with van der Waals surface area (Å²) in [6.07, 6.45) is 1.47. The molecule has 4 rings (SSSR count). The van der Waals surface area contributed by atoms with Crippen molar-refractivity contribution in [3.8, 4) is 6.07 Å². The molecule has 1 heterocycles. The van der Waals surface area contributed by atoms with E-state index in [-0.39, 0.29) is 30.3 Å². The van der Waals surface area contributed by atoms with Crippen LogP contribution in [-0.2, 0) is 4.79 Å². The number of fused-ring (bicyclic) bond motifs is 1. The maximum Gasteiger partial charge on any atom is 0.258 e. The van der Waals surface area contributed by atoms with Crippen molar-refractivity contribution in [1.29, 1.82) is 5.26 Å². The van der Waals surface area contributed by atoms with Gasteiger partial charge in [0, 0.05) is 40.8 Å². The first-order valence-corrected chi connectivity index (χ1v) is 11.9. The monoisotopic (exact) mass is 489 g/mol. The smallest absolute Gasteiger partial charge is 0.258 e. The normalized spacial score (nSPS) is 16.8. The number of hydrogen-bond donors (Lipinski definition) is 0. The van der Waals surface area contributed by atoms with Crippen molar-refractivity contribution in [2.45, 2.75) is 44.7 Å². The van der Waals surface area contributed by atoms with Gasteiger partial charge in [0.15, 0.2) is 0 Å². The highest BCUT2D eigenvalue weighted by Gasteiger charge is 2.40. The van der Waals surface area contributed by atoms with Gasteiger partial charge in [-0.05, 0) is 73.0 Å². The second-order valence-corrected chi connectivity index (χ2v) is 8.87. The summed E-state index contributed by atoms with van der Waals surface area (Å²) < 4.78 is 13.5. The number of nitrogens with zero attached hydrogens (tertiary/aromatic N) is 3. The summed E-state index contributed by atoms with van der Waals surface area (Å²) in [6.45, 7) is 1.82. The highest BCUT2D eigenvalue weighted by Crippen LogP contribution is 2.44. The zero-order chi connectivity index (χ0) is 24.9. The molecule has 0 fully saturated rings. The number of para-hydroxylation sites is 1. The number of carbonyl (C=O) groups excluding carboxylic acids is 2. The second kappa shape index (κ2) is 10.7. The molecule has 3 aromatic rings. The molecule has 7 heteroatoms.